The molecule has 0 aliphatic rings. The zero-order valence-electron chi connectivity index (χ0n) is 16.7. The van der Waals surface area contributed by atoms with Gasteiger partial charge in [0.05, 0.1) is 6.04 Å². The van der Waals surface area contributed by atoms with Crippen LogP contribution in [0.3, 0.4) is 0 Å². The van der Waals surface area contributed by atoms with Crippen LogP contribution in [0.25, 0.3) is 11.1 Å². The molecule has 4 heteroatoms. The molecule has 0 aliphatic heterocycles. The van der Waals surface area contributed by atoms with E-state index >= 15 is 0 Å². The van der Waals surface area contributed by atoms with E-state index in [0.29, 0.717) is 17.7 Å². The Hall–Kier alpha value is -3.40. The molecular weight excluding hydrogens is 362 g/mol. The average molecular weight is 387 g/mol. The third kappa shape index (κ3) is 5.55. The van der Waals surface area contributed by atoms with Gasteiger partial charge in [-0.3, -0.25) is 9.59 Å². The number of amides is 1. The van der Waals surface area contributed by atoms with Gasteiger partial charge in [-0.15, -0.1) is 0 Å². The third-order valence-electron chi connectivity index (χ3n) is 4.76. The number of benzene rings is 3. The number of hydrogen-bond acceptors (Lipinski definition) is 3. The molecule has 1 atom stereocenters. The number of ether oxygens (including phenoxy) is 1. The second-order valence-electron chi connectivity index (χ2n) is 6.87. The van der Waals surface area contributed by atoms with E-state index in [9.17, 15) is 9.59 Å². The Kier molecular flexibility index (Phi) is 6.80. The van der Waals surface area contributed by atoms with Crippen LogP contribution in [0.2, 0.25) is 0 Å². The molecule has 3 aromatic carbocycles. The summed E-state index contributed by atoms with van der Waals surface area (Å²) in [6.45, 7) is 3.70. The van der Waals surface area contributed by atoms with E-state index in [4.69, 9.17) is 4.74 Å². The van der Waals surface area contributed by atoms with Crippen molar-refractivity contribution in [3.05, 3.63) is 90.0 Å². The molecule has 0 spiro atoms. The van der Waals surface area contributed by atoms with Crippen LogP contribution in [0.1, 0.15) is 42.2 Å². The number of Topliss-reactive ketones (excluding diaryl/α,β-unsaturated/α-hetero) is 1. The smallest absolute Gasteiger partial charge is 0.258 e. The van der Waals surface area contributed by atoms with Gasteiger partial charge in [-0.05, 0) is 47.9 Å². The van der Waals surface area contributed by atoms with E-state index in [1.807, 2.05) is 44.2 Å². The molecule has 0 radical (unpaired) electrons. The van der Waals surface area contributed by atoms with Crippen molar-refractivity contribution in [1.82, 2.24) is 5.32 Å². The van der Waals surface area contributed by atoms with Gasteiger partial charge in [-0.25, -0.2) is 0 Å². The lowest BCUT2D eigenvalue weighted by Gasteiger charge is -2.15. The number of carbonyl (C=O) groups is 2. The van der Waals surface area contributed by atoms with Crippen molar-refractivity contribution in [2.45, 2.75) is 26.3 Å². The van der Waals surface area contributed by atoms with E-state index in [1.165, 1.54) is 0 Å². The Morgan fingerprint density at radius 1 is 0.862 bits per heavy atom. The summed E-state index contributed by atoms with van der Waals surface area (Å²) in [5, 5.41) is 2.95. The molecule has 0 heterocycles. The maximum atomic E-state index is 12.2. The highest BCUT2D eigenvalue weighted by Gasteiger charge is 2.11. The fraction of sp³-hybridized carbons (Fsp3) is 0.200. The first-order valence-electron chi connectivity index (χ1n) is 9.77. The Morgan fingerprint density at radius 2 is 1.48 bits per heavy atom. The summed E-state index contributed by atoms with van der Waals surface area (Å²) in [6, 6.07) is 25.1. The number of rotatable bonds is 8. The molecule has 0 fully saturated rings. The van der Waals surface area contributed by atoms with Crippen LogP contribution in [0.15, 0.2) is 78.9 Å². The van der Waals surface area contributed by atoms with E-state index in [2.05, 4.69) is 29.6 Å². The van der Waals surface area contributed by atoms with Crippen molar-refractivity contribution in [1.29, 1.82) is 0 Å². The van der Waals surface area contributed by atoms with Crippen molar-refractivity contribution >= 4 is 11.7 Å². The zero-order chi connectivity index (χ0) is 20.6. The van der Waals surface area contributed by atoms with Crippen LogP contribution in [-0.2, 0) is 4.79 Å². The normalized spacial score (nSPS) is 11.5. The topological polar surface area (TPSA) is 55.4 Å². The van der Waals surface area contributed by atoms with Gasteiger partial charge < -0.3 is 10.1 Å². The lowest BCUT2D eigenvalue weighted by atomic mass is 10.0. The summed E-state index contributed by atoms with van der Waals surface area (Å²) in [6.07, 6.45) is 0.465. The van der Waals surface area contributed by atoms with E-state index in [-0.39, 0.29) is 24.3 Å². The van der Waals surface area contributed by atoms with Crippen LogP contribution in [0.5, 0.6) is 5.75 Å². The average Bonchev–Trinajstić information content (AvgIpc) is 2.78. The minimum atomic E-state index is -0.196. The standard InChI is InChI=1S/C25H25NO3/c1-3-24(27)22-13-15-23(16-14-22)29-17-25(28)26-18(2)19-9-11-21(12-10-19)20-7-5-4-6-8-20/h4-16,18H,3,17H2,1-2H3,(H,26,28)/t18-/m1/s1. The Balaban J connectivity index is 1.52. The number of ketones is 1. The van der Waals surface area contributed by atoms with Gasteiger partial charge in [0.2, 0.25) is 0 Å². The molecule has 0 aliphatic carbocycles. The lowest BCUT2D eigenvalue weighted by Crippen LogP contribution is -2.31. The van der Waals surface area contributed by atoms with Crippen molar-refractivity contribution in [2.75, 3.05) is 6.61 Å². The maximum Gasteiger partial charge on any atom is 0.258 e. The first-order chi connectivity index (χ1) is 14.1. The molecular formula is C25H25NO3. The van der Waals surface area contributed by atoms with Crippen LogP contribution >= 0.6 is 0 Å². The summed E-state index contributed by atoms with van der Waals surface area (Å²) >= 11 is 0. The third-order valence-corrected chi connectivity index (χ3v) is 4.76. The highest BCUT2D eigenvalue weighted by atomic mass is 16.5. The molecule has 29 heavy (non-hydrogen) atoms. The molecule has 148 valence electrons. The van der Waals surface area contributed by atoms with Crippen molar-refractivity contribution in [3.8, 4) is 16.9 Å². The second kappa shape index (κ2) is 9.69. The molecule has 0 saturated carbocycles. The summed E-state index contributed by atoms with van der Waals surface area (Å²) in [7, 11) is 0. The molecule has 1 N–H and O–H groups in total. The summed E-state index contributed by atoms with van der Waals surface area (Å²) in [5.41, 5.74) is 3.98. The predicted octanol–water partition coefficient (Wildman–Crippen LogP) is 5.20. The number of hydrogen-bond donors (Lipinski definition) is 1. The minimum absolute atomic E-state index is 0.0759. The van der Waals surface area contributed by atoms with Gasteiger partial charge in [0.15, 0.2) is 12.4 Å². The fourth-order valence-electron chi connectivity index (χ4n) is 3.05. The van der Waals surface area contributed by atoms with Gasteiger partial charge in [-0.1, -0.05) is 61.5 Å². The highest BCUT2D eigenvalue weighted by molar-refractivity contribution is 5.95. The van der Waals surface area contributed by atoms with E-state index < -0.39 is 0 Å². The Labute approximate surface area is 171 Å². The van der Waals surface area contributed by atoms with Gasteiger partial charge in [-0.2, -0.15) is 0 Å². The maximum absolute atomic E-state index is 12.2. The zero-order valence-corrected chi connectivity index (χ0v) is 16.7. The molecule has 0 bridgehead atoms. The number of carbonyl (C=O) groups excluding carboxylic acids is 2. The van der Waals surface area contributed by atoms with Gasteiger partial charge in [0.25, 0.3) is 5.91 Å². The molecule has 4 nitrogen and oxygen atoms in total. The largest absolute Gasteiger partial charge is 0.484 e. The van der Waals surface area contributed by atoms with Crippen LogP contribution in [-0.4, -0.2) is 18.3 Å². The SMILES string of the molecule is CCC(=O)c1ccc(OCC(=O)N[C@H](C)c2ccc(-c3ccccc3)cc2)cc1. The Morgan fingerprint density at radius 3 is 2.10 bits per heavy atom. The predicted molar refractivity (Wildman–Crippen MR) is 115 cm³/mol. The summed E-state index contributed by atoms with van der Waals surface area (Å²) in [4.78, 5) is 23.9. The quantitative estimate of drug-likeness (QED) is 0.540. The van der Waals surface area contributed by atoms with Gasteiger partial charge in [0.1, 0.15) is 5.75 Å². The second-order valence-corrected chi connectivity index (χ2v) is 6.87. The van der Waals surface area contributed by atoms with Crippen molar-refractivity contribution in [3.63, 3.8) is 0 Å². The lowest BCUT2D eigenvalue weighted by molar-refractivity contribution is -0.123. The first kappa shape index (κ1) is 20.3. The van der Waals surface area contributed by atoms with Crippen LogP contribution < -0.4 is 10.1 Å². The minimum Gasteiger partial charge on any atom is -0.484 e. The van der Waals surface area contributed by atoms with Crippen molar-refractivity contribution < 1.29 is 14.3 Å². The molecule has 3 rings (SSSR count). The van der Waals surface area contributed by atoms with Crippen molar-refractivity contribution in [2.24, 2.45) is 0 Å². The van der Waals surface area contributed by atoms with Crippen LogP contribution in [0.4, 0.5) is 0 Å². The summed E-state index contributed by atoms with van der Waals surface area (Å²) < 4.78 is 5.53. The fourth-order valence-corrected chi connectivity index (χ4v) is 3.05. The highest BCUT2D eigenvalue weighted by Crippen LogP contribution is 2.21. The molecule has 3 aromatic rings. The molecule has 0 aromatic heterocycles. The monoisotopic (exact) mass is 387 g/mol. The number of nitrogens with one attached hydrogen (secondary N) is 1. The summed E-state index contributed by atoms with van der Waals surface area (Å²) in [5.74, 6) is 0.451. The molecule has 0 saturated heterocycles. The molecule has 0 unspecified atom stereocenters. The molecule has 1 amide bonds. The van der Waals surface area contributed by atoms with E-state index in [1.54, 1.807) is 24.3 Å². The first-order valence-corrected chi connectivity index (χ1v) is 9.77. The Bertz CT molecular complexity index is 948. The van der Waals surface area contributed by atoms with Gasteiger partial charge >= 0.3 is 0 Å². The van der Waals surface area contributed by atoms with Gasteiger partial charge in [0, 0.05) is 12.0 Å². The van der Waals surface area contributed by atoms with E-state index in [0.717, 1.165) is 16.7 Å². The van der Waals surface area contributed by atoms with Crippen LogP contribution in [0, 0.1) is 0 Å².